The molecule has 0 aliphatic rings. The second kappa shape index (κ2) is 5.71. The highest BCUT2D eigenvalue weighted by Gasteiger charge is 1.98. The van der Waals surface area contributed by atoms with Crippen LogP contribution in [0.4, 0.5) is 0 Å². The molecule has 0 unspecified atom stereocenters. The van der Waals surface area contributed by atoms with Crippen LogP contribution in [0.2, 0.25) is 0 Å². The zero-order valence-corrected chi connectivity index (χ0v) is 10.7. The van der Waals surface area contributed by atoms with Crippen molar-refractivity contribution in [3.05, 3.63) is 53.0 Å². The summed E-state index contributed by atoms with van der Waals surface area (Å²) in [6, 6.07) is 2.06. The van der Waals surface area contributed by atoms with Crippen molar-refractivity contribution in [3.63, 3.8) is 0 Å². The highest BCUT2D eigenvalue weighted by atomic mass is 79.9. The van der Waals surface area contributed by atoms with Gasteiger partial charge in [0.15, 0.2) is 0 Å². The lowest BCUT2D eigenvalue weighted by Crippen LogP contribution is -2.09. The molecule has 15 heavy (non-hydrogen) atoms. The van der Waals surface area contributed by atoms with Crippen molar-refractivity contribution in [1.82, 2.24) is 9.88 Å². The van der Waals surface area contributed by atoms with Crippen LogP contribution in [0.15, 0.2) is 47.5 Å². The van der Waals surface area contributed by atoms with E-state index in [1.54, 1.807) is 6.20 Å². The van der Waals surface area contributed by atoms with Crippen LogP contribution in [0.1, 0.15) is 19.4 Å². The van der Waals surface area contributed by atoms with Gasteiger partial charge in [0.05, 0.1) is 0 Å². The largest absolute Gasteiger partial charge is 0.351 e. The number of hydrogen-bond donors (Lipinski definition) is 0. The zero-order valence-electron chi connectivity index (χ0n) is 9.07. The van der Waals surface area contributed by atoms with E-state index in [9.17, 15) is 0 Å². The Morgan fingerprint density at radius 1 is 1.53 bits per heavy atom. The van der Waals surface area contributed by atoms with Crippen molar-refractivity contribution in [2.75, 3.05) is 0 Å². The van der Waals surface area contributed by atoms with Crippen LogP contribution < -0.4 is 0 Å². The van der Waals surface area contributed by atoms with Crippen molar-refractivity contribution in [2.24, 2.45) is 0 Å². The Morgan fingerprint density at radius 3 is 2.80 bits per heavy atom. The Morgan fingerprint density at radius 2 is 2.27 bits per heavy atom. The van der Waals surface area contributed by atoms with E-state index in [4.69, 9.17) is 0 Å². The van der Waals surface area contributed by atoms with Gasteiger partial charge in [-0.05, 0) is 47.6 Å². The molecule has 1 aromatic heterocycles. The lowest BCUT2D eigenvalue weighted by molar-refractivity contribution is 0.497. The van der Waals surface area contributed by atoms with Gasteiger partial charge in [-0.2, -0.15) is 0 Å². The van der Waals surface area contributed by atoms with Crippen molar-refractivity contribution < 1.29 is 0 Å². The van der Waals surface area contributed by atoms with E-state index < -0.39 is 0 Å². The molecule has 1 rings (SSSR count). The lowest BCUT2D eigenvalue weighted by atomic mass is 10.2. The number of halogens is 1. The highest BCUT2D eigenvalue weighted by molar-refractivity contribution is 9.10. The van der Waals surface area contributed by atoms with E-state index in [1.807, 2.05) is 17.3 Å². The molecular formula is C12H15BrN2. The van der Waals surface area contributed by atoms with Crippen LogP contribution in [0.3, 0.4) is 0 Å². The third kappa shape index (κ3) is 4.30. The molecule has 0 atom stereocenters. The third-order valence-corrected chi connectivity index (χ3v) is 2.22. The van der Waals surface area contributed by atoms with Gasteiger partial charge >= 0.3 is 0 Å². The number of aromatic nitrogens is 1. The van der Waals surface area contributed by atoms with Crippen LogP contribution >= 0.6 is 15.9 Å². The first-order valence-electron chi connectivity index (χ1n) is 4.74. The van der Waals surface area contributed by atoms with Gasteiger partial charge in [0.25, 0.3) is 0 Å². The second-order valence-electron chi connectivity index (χ2n) is 3.57. The van der Waals surface area contributed by atoms with Crippen LogP contribution in [0.5, 0.6) is 0 Å². The summed E-state index contributed by atoms with van der Waals surface area (Å²) in [5.41, 5.74) is 2.40. The summed E-state index contributed by atoms with van der Waals surface area (Å²) in [6.45, 7) is 8.70. The molecule has 0 N–H and O–H groups in total. The van der Waals surface area contributed by atoms with E-state index in [2.05, 4.69) is 53.6 Å². The van der Waals surface area contributed by atoms with E-state index in [0.29, 0.717) is 0 Å². The lowest BCUT2D eigenvalue weighted by Gasteiger charge is -2.15. The number of nitrogens with zero attached hydrogens (tertiary/aromatic N) is 2. The maximum absolute atomic E-state index is 4.12. The highest BCUT2D eigenvalue weighted by Crippen LogP contribution is 2.12. The molecule has 0 aliphatic heterocycles. The smallest absolute Gasteiger partial charge is 0.0485 e. The van der Waals surface area contributed by atoms with Crippen molar-refractivity contribution in [1.29, 1.82) is 0 Å². The molecule has 3 heteroatoms. The Labute approximate surface area is 99.5 Å². The van der Waals surface area contributed by atoms with E-state index in [-0.39, 0.29) is 0 Å². The second-order valence-corrected chi connectivity index (χ2v) is 4.49. The quantitative estimate of drug-likeness (QED) is 0.826. The number of pyridine rings is 1. The van der Waals surface area contributed by atoms with Gasteiger partial charge in [-0.25, -0.2) is 0 Å². The molecule has 0 fully saturated rings. The van der Waals surface area contributed by atoms with Crippen LogP contribution in [-0.4, -0.2) is 9.88 Å². The summed E-state index contributed by atoms with van der Waals surface area (Å²) in [5.74, 6) is 0. The normalized spacial score (nSPS) is 9.53. The predicted octanol–water partition coefficient (Wildman–Crippen LogP) is 3.71. The maximum Gasteiger partial charge on any atom is 0.0485 e. The molecule has 0 amide bonds. The van der Waals surface area contributed by atoms with E-state index in [0.717, 1.165) is 16.6 Å². The first-order chi connectivity index (χ1) is 7.11. The number of allylic oxidation sites excluding steroid dienone is 1. The number of rotatable bonds is 4. The molecule has 0 bridgehead atoms. The summed E-state index contributed by atoms with van der Waals surface area (Å²) in [6.07, 6.45) is 7.52. The van der Waals surface area contributed by atoms with Gasteiger partial charge in [0, 0.05) is 29.6 Å². The zero-order chi connectivity index (χ0) is 11.3. The summed E-state index contributed by atoms with van der Waals surface area (Å²) in [5, 5.41) is 0. The Bertz CT molecular complexity index is 368. The minimum atomic E-state index is 0.793. The number of hydrogen-bond acceptors (Lipinski definition) is 2. The molecule has 0 spiro atoms. The first kappa shape index (κ1) is 12.0. The van der Waals surface area contributed by atoms with Crippen molar-refractivity contribution >= 4 is 15.9 Å². The molecule has 0 radical (unpaired) electrons. The molecule has 0 aliphatic carbocycles. The molecule has 1 heterocycles. The summed E-state index contributed by atoms with van der Waals surface area (Å²) >= 11 is 3.40. The molecule has 0 saturated heterocycles. The molecule has 0 saturated carbocycles. The van der Waals surface area contributed by atoms with Gasteiger partial charge in [0.1, 0.15) is 0 Å². The average Bonchev–Trinajstić information content (AvgIpc) is 2.16. The van der Waals surface area contributed by atoms with Crippen LogP contribution in [0, 0.1) is 0 Å². The maximum atomic E-state index is 4.12. The predicted molar refractivity (Wildman–Crippen MR) is 67.1 cm³/mol. The first-order valence-corrected chi connectivity index (χ1v) is 5.54. The monoisotopic (exact) mass is 266 g/mol. The van der Waals surface area contributed by atoms with Crippen molar-refractivity contribution in [3.8, 4) is 0 Å². The minimum absolute atomic E-state index is 0.793. The van der Waals surface area contributed by atoms with Crippen molar-refractivity contribution in [2.45, 2.75) is 20.4 Å². The molecule has 0 aromatic carbocycles. The average molecular weight is 267 g/mol. The van der Waals surface area contributed by atoms with E-state index >= 15 is 0 Å². The molecule has 1 aromatic rings. The van der Waals surface area contributed by atoms with E-state index in [1.165, 1.54) is 5.57 Å². The van der Waals surface area contributed by atoms with Crippen LogP contribution in [-0.2, 0) is 6.54 Å². The Kier molecular flexibility index (Phi) is 4.56. The topological polar surface area (TPSA) is 16.1 Å². The fourth-order valence-electron chi connectivity index (χ4n) is 1.25. The Hall–Kier alpha value is -1.09. The molecular weight excluding hydrogens is 252 g/mol. The molecule has 80 valence electrons. The third-order valence-electron chi connectivity index (χ3n) is 1.79. The fraction of sp³-hybridized carbons (Fsp3) is 0.250. The van der Waals surface area contributed by atoms with Crippen LogP contribution in [0.25, 0.3) is 0 Å². The summed E-state index contributed by atoms with van der Waals surface area (Å²) in [7, 11) is 0. The summed E-state index contributed by atoms with van der Waals surface area (Å²) in [4.78, 5) is 6.16. The van der Waals surface area contributed by atoms with Gasteiger partial charge < -0.3 is 4.90 Å². The summed E-state index contributed by atoms with van der Waals surface area (Å²) < 4.78 is 1.00. The van der Waals surface area contributed by atoms with Gasteiger partial charge in [-0.3, -0.25) is 4.98 Å². The minimum Gasteiger partial charge on any atom is -0.351 e. The standard InChI is InChI=1S/C12H15BrN2/c1-4-15(8-10(2)3)9-11-5-12(13)7-14-6-11/h4-8H,1,9H2,2-3H3. The molecule has 2 nitrogen and oxygen atoms in total. The SMILES string of the molecule is C=CN(C=C(C)C)Cc1cncc(Br)c1. The van der Waals surface area contributed by atoms with Gasteiger partial charge in [-0.1, -0.05) is 12.2 Å². The van der Waals surface area contributed by atoms with Gasteiger partial charge in [-0.15, -0.1) is 0 Å². The fourth-order valence-corrected chi connectivity index (χ4v) is 1.66. The Balaban J connectivity index is 2.75. The van der Waals surface area contributed by atoms with Gasteiger partial charge in [0.2, 0.25) is 0 Å².